The minimum atomic E-state index is -1.10. The van der Waals surface area contributed by atoms with Gasteiger partial charge in [0.05, 0.1) is 23.3 Å². The summed E-state index contributed by atoms with van der Waals surface area (Å²) in [7, 11) is 0. The van der Waals surface area contributed by atoms with Crippen molar-refractivity contribution in [3.8, 4) is 0 Å². The fourth-order valence-corrected chi connectivity index (χ4v) is 3.95. The molecule has 156 valence electrons. The lowest BCUT2D eigenvalue weighted by Crippen LogP contribution is -2.45. The third-order valence-corrected chi connectivity index (χ3v) is 5.48. The number of aromatic nitrogens is 1. The van der Waals surface area contributed by atoms with Crippen LogP contribution in [0.5, 0.6) is 0 Å². The Morgan fingerprint density at radius 1 is 1.41 bits per heavy atom. The van der Waals surface area contributed by atoms with E-state index in [1.165, 1.54) is 0 Å². The third-order valence-electron chi connectivity index (χ3n) is 4.64. The molecule has 1 amide bonds. The second-order valence-corrected chi connectivity index (χ2v) is 7.24. The Hall–Kier alpha value is -3.05. The van der Waals surface area contributed by atoms with Crippen LogP contribution in [0.4, 0.5) is 10.2 Å². The number of hydrazine groups is 1. The molecule has 0 spiro atoms. The van der Waals surface area contributed by atoms with Gasteiger partial charge in [-0.3, -0.25) is 16.0 Å². The molecule has 1 aromatic carbocycles. The van der Waals surface area contributed by atoms with Crippen molar-refractivity contribution in [1.82, 2.24) is 9.88 Å². The van der Waals surface area contributed by atoms with Gasteiger partial charge in [-0.25, -0.2) is 14.7 Å². The van der Waals surface area contributed by atoms with Gasteiger partial charge in [-0.2, -0.15) is 0 Å². The summed E-state index contributed by atoms with van der Waals surface area (Å²) in [5.74, 6) is 4.28. The van der Waals surface area contributed by atoms with E-state index in [1.54, 1.807) is 34.5 Å². The van der Waals surface area contributed by atoms with Gasteiger partial charge in [0.25, 0.3) is 5.91 Å². The Morgan fingerprint density at radius 2 is 2.10 bits per heavy atom. The number of amides is 1. The number of anilines is 1. The van der Waals surface area contributed by atoms with Gasteiger partial charge in [-0.1, -0.05) is 12.1 Å². The number of benzene rings is 1. The first-order chi connectivity index (χ1) is 14.0. The lowest BCUT2D eigenvalue weighted by atomic mass is 9.90. The number of nitrogens with zero attached hydrogens (tertiary/aromatic N) is 2. The molecule has 2 atom stereocenters. The Balaban J connectivity index is 0.000000941. The van der Waals surface area contributed by atoms with Crippen molar-refractivity contribution in [2.75, 3.05) is 12.0 Å². The molecule has 1 aliphatic heterocycles. The largest absolute Gasteiger partial charge is 0.407 e. The number of para-hydroxylation sites is 1. The van der Waals surface area contributed by atoms with E-state index in [1.807, 2.05) is 6.92 Å². The average molecular weight is 422 g/mol. The number of hydrogen-bond donors (Lipinski definition) is 4. The van der Waals surface area contributed by atoms with Gasteiger partial charge in [-0.15, -0.1) is 11.3 Å². The van der Waals surface area contributed by atoms with Gasteiger partial charge in [0.1, 0.15) is 0 Å². The maximum Gasteiger partial charge on any atom is 0.407 e. The van der Waals surface area contributed by atoms with E-state index in [2.05, 4.69) is 21.1 Å². The number of piperidine rings is 1. The average Bonchev–Trinajstić information content (AvgIpc) is 3.24. The zero-order chi connectivity index (χ0) is 21.4. The molecule has 29 heavy (non-hydrogen) atoms. The first kappa shape index (κ1) is 22.2. The summed E-state index contributed by atoms with van der Waals surface area (Å²) in [5.41, 5.74) is 8.68. The van der Waals surface area contributed by atoms with Crippen molar-refractivity contribution >= 4 is 35.2 Å². The van der Waals surface area contributed by atoms with Crippen molar-refractivity contribution in [2.45, 2.75) is 31.7 Å². The molecule has 0 bridgehead atoms. The molecule has 0 aliphatic carbocycles. The van der Waals surface area contributed by atoms with Crippen LogP contribution in [-0.4, -0.2) is 40.7 Å². The summed E-state index contributed by atoms with van der Waals surface area (Å²) < 4.78 is 12.1. The van der Waals surface area contributed by atoms with Crippen molar-refractivity contribution in [3.05, 3.63) is 45.9 Å². The summed E-state index contributed by atoms with van der Waals surface area (Å²) in [5, 5.41) is 7.54. The smallest absolute Gasteiger partial charge is 0.390 e. The van der Waals surface area contributed by atoms with E-state index >= 15 is 0 Å². The standard InChI is InChI=1S/C17H19FN4O3S.CH4N2/c1-10-6-7-11(14-9-26-15(20-14)17(24)25-18)8-22(10)16(23)12-4-2-3-5-13(12)21-19;2-1-3/h2-5,9-11,21H,6-8,19H2,1H3;1H,(H3,2,3)/t10-,11?;/m1./s1. The van der Waals surface area contributed by atoms with Crippen molar-refractivity contribution in [1.29, 1.82) is 5.41 Å². The van der Waals surface area contributed by atoms with E-state index < -0.39 is 5.97 Å². The zero-order valence-corrected chi connectivity index (χ0v) is 16.6. The number of nitrogens with one attached hydrogen (secondary N) is 2. The molecule has 6 N–H and O–H groups in total. The first-order valence-electron chi connectivity index (χ1n) is 8.82. The number of carbonyl (C=O) groups excluding carboxylic acids is 2. The molecule has 1 aliphatic rings. The summed E-state index contributed by atoms with van der Waals surface area (Å²) in [6, 6.07) is 7.13. The number of hydrogen-bond acceptors (Lipinski definition) is 8. The quantitative estimate of drug-likeness (QED) is 0.256. The Morgan fingerprint density at radius 3 is 2.76 bits per heavy atom. The SMILES string of the molecule is C[C@@H]1CCC(c2csc(C(=O)OF)n2)CN1C(=O)c1ccccc1NN.N=CN. The normalized spacial score (nSPS) is 18.2. The fraction of sp³-hybridized carbons (Fsp3) is 0.333. The topological polar surface area (TPSA) is 147 Å². The summed E-state index contributed by atoms with van der Waals surface area (Å²) in [6.45, 7) is 2.46. The molecule has 1 aromatic heterocycles. The number of carbonyl (C=O) groups is 2. The molecule has 2 aromatic rings. The molecule has 2 heterocycles. The lowest BCUT2D eigenvalue weighted by molar-refractivity contribution is -0.0788. The van der Waals surface area contributed by atoms with Crippen LogP contribution in [-0.2, 0) is 4.94 Å². The molecule has 1 saturated heterocycles. The highest BCUT2D eigenvalue weighted by Crippen LogP contribution is 2.32. The van der Waals surface area contributed by atoms with Crippen LogP contribution in [0.15, 0.2) is 29.6 Å². The molecule has 1 fully saturated rings. The zero-order valence-electron chi connectivity index (χ0n) is 15.8. The minimum absolute atomic E-state index is 0.0226. The first-order valence-corrected chi connectivity index (χ1v) is 9.70. The van der Waals surface area contributed by atoms with E-state index in [0.717, 1.165) is 30.5 Å². The predicted octanol–water partition coefficient (Wildman–Crippen LogP) is 2.43. The van der Waals surface area contributed by atoms with Gasteiger partial charge in [0.15, 0.2) is 0 Å². The van der Waals surface area contributed by atoms with Crippen LogP contribution in [0.1, 0.15) is 51.5 Å². The monoisotopic (exact) mass is 422 g/mol. The molecular formula is C18H23FN6O3S. The maximum absolute atomic E-state index is 13.0. The summed E-state index contributed by atoms with van der Waals surface area (Å²) >= 11 is 1.03. The fourth-order valence-electron chi connectivity index (χ4n) is 3.18. The second kappa shape index (κ2) is 10.5. The molecule has 9 nitrogen and oxygen atoms in total. The molecule has 1 unspecified atom stereocenters. The summed E-state index contributed by atoms with van der Waals surface area (Å²) in [6.07, 6.45) is 2.38. The van der Waals surface area contributed by atoms with E-state index in [0.29, 0.717) is 23.5 Å². The maximum atomic E-state index is 13.0. The van der Waals surface area contributed by atoms with Crippen LogP contribution in [0.25, 0.3) is 0 Å². The van der Waals surface area contributed by atoms with Gasteiger partial charge < -0.3 is 16.1 Å². The van der Waals surface area contributed by atoms with Gasteiger partial charge in [0, 0.05) is 28.4 Å². The highest BCUT2D eigenvalue weighted by Gasteiger charge is 2.32. The molecule has 3 rings (SSSR count). The number of halogens is 1. The Bertz CT molecular complexity index is 862. The van der Waals surface area contributed by atoms with Gasteiger partial charge in [0.2, 0.25) is 5.01 Å². The van der Waals surface area contributed by atoms with Gasteiger partial charge in [-0.05, 0) is 31.9 Å². The number of nitrogen functional groups attached to an aromatic ring is 1. The van der Waals surface area contributed by atoms with Crippen LogP contribution in [0.3, 0.4) is 0 Å². The Labute approximate surface area is 171 Å². The van der Waals surface area contributed by atoms with Crippen molar-refractivity contribution in [2.24, 2.45) is 11.6 Å². The van der Waals surface area contributed by atoms with Crippen LogP contribution < -0.4 is 17.0 Å². The number of rotatable bonds is 4. The number of likely N-dealkylation sites (tertiary alicyclic amines) is 1. The molecule has 0 radical (unpaired) electrons. The number of nitrogens with two attached hydrogens (primary N) is 2. The van der Waals surface area contributed by atoms with Crippen LogP contribution in [0.2, 0.25) is 0 Å². The number of thiazole rings is 1. The highest BCUT2D eigenvalue weighted by molar-refractivity contribution is 7.11. The second-order valence-electron chi connectivity index (χ2n) is 6.38. The minimum Gasteiger partial charge on any atom is -0.390 e. The van der Waals surface area contributed by atoms with Crippen LogP contribution >= 0.6 is 11.3 Å². The molecule has 11 heteroatoms. The predicted molar refractivity (Wildman–Crippen MR) is 108 cm³/mol. The van der Waals surface area contributed by atoms with Crippen molar-refractivity contribution in [3.63, 3.8) is 0 Å². The Kier molecular flexibility index (Phi) is 8.04. The van der Waals surface area contributed by atoms with Crippen molar-refractivity contribution < 1.29 is 19.1 Å². The van der Waals surface area contributed by atoms with Gasteiger partial charge >= 0.3 is 5.97 Å². The summed E-state index contributed by atoms with van der Waals surface area (Å²) in [4.78, 5) is 33.4. The third kappa shape index (κ3) is 5.27. The van der Waals surface area contributed by atoms with Crippen LogP contribution in [0, 0.1) is 5.41 Å². The van der Waals surface area contributed by atoms with E-state index in [-0.39, 0.29) is 22.9 Å². The lowest BCUT2D eigenvalue weighted by Gasteiger charge is -2.38. The molecule has 0 saturated carbocycles. The van der Waals surface area contributed by atoms with E-state index in [9.17, 15) is 14.1 Å². The van der Waals surface area contributed by atoms with E-state index in [4.69, 9.17) is 11.3 Å². The highest BCUT2D eigenvalue weighted by atomic mass is 32.1. The molecular weight excluding hydrogens is 399 g/mol.